The highest BCUT2D eigenvalue weighted by atomic mass is 79.9. The van der Waals surface area contributed by atoms with Gasteiger partial charge < -0.3 is 5.32 Å². The summed E-state index contributed by atoms with van der Waals surface area (Å²) in [5.41, 5.74) is 3.71. The van der Waals surface area contributed by atoms with Gasteiger partial charge in [-0.15, -0.1) is 0 Å². The van der Waals surface area contributed by atoms with Crippen LogP contribution in [0.15, 0.2) is 89.4 Å². The minimum absolute atomic E-state index is 0.333. The normalized spacial score (nSPS) is 11.0. The van der Waals surface area contributed by atoms with Crippen molar-refractivity contribution in [1.29, 1.82) is 0 Å². The van der Waals surface area contributed by atoms with E-state index in [0.717, 1.165) is 10.2 Å². The molecule has 4 nitrogen and oxygen atoms in total. The molecular formula is C19H17BrN3OPS. The number of rotatable bonds is 5. The van der Waals surface area contributed by atoms with E-state index in [4.69, 9.17) is 12.2 Å². The highest BCUT2D eigenvalue weighted by Crippen LogP contribution is 2.37. The lowest BCUT2D eigenvalue weighted by molar-refractivity contribution is 0.575. The maximum Gasteiger partial charge on any atom is 0.221 e. The van der Waals surface area contributed by atoms with E-state index >= 15 is 0 Å². The molecule has 0 aliphatic carbocycles. The van der Waals surface area contributed by atoms with E-state index in [9.17, 15) is 4.57 Å². The third-order valence-corrected chi connectivity index (χ3v) is 6.88. The number of hydrazine groups is 1. The van der Waals surface area contributed by atoms with Gasteiger partial charge in [0.15, 0.2) is 5.11 Å². The fourth-order valence-corrected chi connectivity index (χ4v) is 4.90. The van der Waals surface area contributed by atoms with Gasteiger partial charge in [-0.25, -0.2) is 0 Å². The van der Waals surface area contributed by atoms with Gasteiger partial charge in [0.25, 0.3) is 0 Å². The van der Waals surface area contributed by atoms with Crippen LogP contribution in [0, 0.1) is 0 Å². The Hall–Kier alpha value is -1.98. The van der Waals surface area contributed by atoms with Crippen LogP contribution in [0.4, 0.5) is 5.69 Å². The standard InChI is InChI=1S/C19H17BrN3OPS/c20-15-11-13-16(14-12-15)21-19(26)22-23-25(24,17-7-3-1-4-8-17)18-9-5-2-6-10-18/h1-14H,(H,23,24)(H2,21,22,26). The van der Waals surface area contributed by atoms with Crippen LogP contribution < -0.4 is 26.5 Å². The fraction of sp³-hybridized carbons (Fsp3) is 0. The first-order valence-electron chi connectivity index (χ1n) is 7.89. The molecule has 0 saturated heterocycles. The molecule has 0 aliphatic heterocycles. The summed E-state index contributed by atoms with van der Waals surface area (Å²) < 4.78 is 14.7. The number of hydrogen-bond donors (Lipinski definition) is 3. The Kier molecular flexibility index (Phi) is 6.22. The lowest BCUT2D eigenvalue weighted by Crippen LogP contribution is -2.42. The van der Waals surface area contributed by atoms with Crippen molar-refractivity contribution in [3.63, 3.8) is 0 Å². The maximum atomic E-state index is 13.8. The highest BCUT2D eigenvalue weighted by Gasteiger charge is 2.27. The zero-order valence-electron chi connectivity index (χ0n) is 13.7. The second-order valence-corrected chi connectivity index (χ2v) is 9.28. The van der Waals surface area contributed by atoms with E-state index in [1.54, 1.807) is 0 Å². The predicted octanol–water partition coefficient (Wildman–Crippen LogP) is 4.17. The summed E-state index contributed by atoms with van der Waals surface area (Å²) in [5, 5.41) is 7.74. The van der Waals surface area contributed by atoms with E-state index in [2.05, 4.69) is 31.9 Å². The van der Waals surface area contributed by atoms with Gasteiger partial charge >= 0.3 is 0 Å². The van der Waals surface area contributed by atoms with Crippen molar-refractivity contribution in [3.8, 4) is 0 Å². The zero-order chi connectivity index (χ0) is 18.4. The molecule has 0 aliphatic rings. The van der Waals surface area contributed by atoms with Gasteiger partial charge in [-0.3, -0.25) is 9.99 Å². The average molecular weight is 446 g/mol. The molecule has 0 fully saturated rings. The molecule has 0 bridgehead atoms. The second-order valence-electron chi connectivity index (χ2n) is 5.48. The van der Waals surface area contributed by atoms with Crippen molar-refractivity contribution in [2.24, 2.45) is 0 Å². The Balaban J connectivity index is 1.78. The van der Waals surface area contributed by atoms with Crippen LogP contribution in [-0.2, 0) is 4.57 Å². The zero-order valence-corrected chi connectivity index (χ0v) is 17.0. The summed E-state index contributed by atoms with van der Waals surface area (Å²) in [6.07, 6.45) is 0. The Morgan fingerprint density at radius 2 is 1.31 bits per heavy atom. The van der Waals surface area contributed by atoms with Gasteiger partial charge in [-0.2, -0.15) is 5.20 Å². The highest BCUT2D eigenvalue weighted by molar-refractivity contribution is 9.10. The van der Waals surface area contributed by atoms with E-state index in [1.165, 1.54) is 0 Å². The molecule has 0 amide bonds. The van der Waals surface area contributed by atoms with E-state index < -0.39 is 7.29 Å². The summed E-state index contributed by atoms with van der Waals surface area (Å²) in [6.45, 7) is 0. The van der Waals surface area contributed by atoms with Crippen molar-refractivity contribution >= 4 is 56.8 Å². The molecule has 0 atom stereocenters. The molecule has 26 heavy (non-hydrogen) atoms. The van der Waals surface area contributed by atoms with Crippen molar-refractivity contribution in [1.82, 2.24) is 10.6 Å². The first-order valence-corrected chi connectivity index (χ1v) is 10.8. The van der Waals surface area contributed by atoms with E-state index in [-0.39, 0.29) is 0 Å². The number of anilines is 1. The second kappa shape index (κ2) is 8.60. The molecular weight excluding hydrogens is 429 g/mol. The Morgan fingerprint density at radius 1 is 0.808 bits per heavy atom. The molecule has 3 N–H and O–H groups in total. The van der Waals surface area contributed by atoms with Gasteiger partial charge in [0.2, 0.25) is 7.29 Å². The predicted molar refractivity (Wildman–Crippen MR) is 116 cm³/mol. The van der Waals surface area contributed by atoms with Crippen LogP contribution in [0.3, 0.4) is 0 Å². The monoisotopic (exact) mass is 445 g/mol. The van der Waals surface area contributed by atoms with Gasteiger partial charge in [0.05, 0.1) is 0 Å². The molecule has 0 heterocycles. The molecule has 0 radical (unpaired) electrons. The Labute approximate surface area is 166 Å². The van der Waals surface area contributed by atoms with Crippen molar-refractivity contribution < 1.29 is 4.57 Å². The molecule has 0 unspecified atom stereocenters. The van der Waals surface area contributed by atoms with Crippen molar-refractivity contribution in [2.45, 2.75) is 0 Å². The number of hydrogen-bond acceptors (Lipinski definition) is 2. The quantitative estimate of drug-likeness (QED) is 0.312. The Morgan fingerprint density at radius 3 is 1.81 bits per heavy atom. The number of halogens is 1. The molecule has 7 heteroatoms. The number of nitrogens with one attached hydrogen (secondary N) is 3. The minimum Gasteiger partial charge on any atom is -0.332 e. The first-order chi connectivity index (χ1) is 12.6. The van der Waals surface area contributed by atoms with Gasteiger partial charge in [-0.1, -0.05) is 52.3 Å². The lowest BCUT2D eigenvalue weighted by Gasteiger charge is -2.22. The summed E-state index contributed by atoms with van der Waals surface area (Å²) >= 11 is 8.71. The van der Waals surface area contributed by atoms with Crippen molar-refractivity contribution in [2.75, 3.05) is 5.32 Å². The smallest absolute Gasteiger partial charge is 0.221 e. The molecule has 132 valence electrons. The fourth-order valence-electron chi connectivity index (χ4n) is 2.38. The van der Waals surface area contributed by atoms with E-state index in [1.807, 2.05) is 84.9 Å². The van der Waals surface area contributed by atoms with Crippen LogP contribution in [0.1, 0.15) is 0 Å². The Bertz CT molecular complexity index is 877. The van der Waals surface area contributed by atoms with E-state index in [0.29, 0.717) is 15.7 Å². The van der Waals surface area contributed by atoms with Gasteiger partial charge in [0.1, 0.15) is 0 Å². The molecule has 3 aromatic carbocycles. The minimum atomic E-state index is -3.09. The van der Waals surface area contributed by atoms with Crippen LogP contribution in [-0.4, -0.2) is 5.11 Å². The summed E-state index contributed by atoms with van der Waals surface area (Å²) in [7, 11) is -3.09. The largest absolute Gasteiger partial charge is 0.332 e. The molecule has 3 rings (SSSR count). The summed E-state index contributed by atoms with van der Waals surface area (Å²) in [5.74, 6) is 0. The average Bonchev–Trinajstić information content (AvgIpc) is 2.69. The third kappa shape index (κ3) is 4.59. The first kappa shape index (κ1) is 18.8. The van der Waals surface area contributed by atoms with Crippen LogP contribution in [0.25, 0.3) is 0 Å². The van der Waals surface area contributed by atoms with Crippen LogP contribution in [0.5, 0.6) is 0 Å². The number of thiocarbonyl (C=S) groups is 1. The third-order valence-electron chi connectivity index (χ3n) is 3.67. The number of benzene rings is 3. The summed E-state index contributed by atoms with van der Waals surface area (Å²) in [4.78, 5) is 0. The molecule has 0 spiro atoms. The molecule has 3 aromatic rings. The van der Waals surface area contributed by atoms with Gasteiger partial charge in [-0.05, 0) is 60.7 Å². The SMILES string of the molecule is O=P(NNC(=S)Nc1ccc(Br)cc1)(c1ccccc1)c1ccccc1. The van der Waals surface area contributed by atoms with Crippen LogP contribution >= 0.6 is 35.4 Å². The molecule has 0 saturated carbocycles. The maximum absolute atomic E-state index is 13.8. The topological polar surface area (TPSA) is 53.2 Å². The molecule has 0 aromatic heterocycles. The lowest BCUT2D eigenvalue weighted by atomic mass is 10.3. The van der Waals surface area contributed by atoms with Crippen molar-refractivity contribution in [3.05, 3.63) is 89.4 Å². The van der Waals surface area contributed by atoms with Crippen LogP contribution in [0.2, 0.25) is 0 Å². The summed E-state index contributed by atoms with van der Waals surface area (Å²) in [6, 6.07) is 26.2. The van der Waals surface area contributed by atoms with Gasteiger partial charge in [0, 0.05) is 20.8 Å².